The van der Waals surface area contributed by atoms with Crippen molar-refractivity contribution in [2.45, 2.75) is 44.6 Å². The van der Waals surface area contributed by atoms with E-state index in [2.05, 4.69) is 20.1 Å². The first-order valence-corrected chi connectivity index (χ1v) is 7.66. The zero-order valence-corrected chi connectivity index (χ0v) is 12.4. The van der Waals surface area contributed by atoms with Crippen LogP contribution in [-0.4, -0.2) is 37.5 Å². The van der Waals surface area contributed by atoms with Crippen LogP contribution >= 0.6 is 0 Å². The summed E-state index contributed by atoms with van der Waals surface area (Å²) >= 11 is 0. The molecule has 0 aromatic carbocycles. The van der Waals surface area contributed by atoms with E-state index in [0.29, 0.717) is 35.7 Å². The first-order chi connectivity index (χ1) is 10.7. The minimum atomic E-state index is -0.112. The third-order valence-electron chi connectivity index (χ3n) is 4.19. The maximum Gasteiger partial charge on any atom is 0.273 e. The fourth-order valence-corrected chi connectivity index (χ4v) is 2.88. The highest BCUT2D eigenvalue weighted by Gasteiger charge is 2.36. The largest absolute Gasteiger partial charge is 0.339 e. The summed E-state index contributed by atoms with van der Waals surface area (Å²) in [7, 11) is 0. The number of carbonyl (C=O) groups excluding carboxylic acids is 1. The predicted molar refractivity (Wildman–Crippen MR) is 76.1 cm³/mol. The van der Waals surface area contributed by atoms with Crippen molar-refractivity contribution in [3.8, 4) is 0 Å². The molecule has 4 rings (SSSR count). The second-order valence-electron chi connectivity index (χ2n) is 5.91. The van der Waals surface area contributed by atoms with E-state index in [4.69, 9.17) is 4.52 Å². The van der Waals surface area contributed by atoms with Gasteiger partial charge >= 0.3 is 0 Å². The lowest BCUT2D eigenvalue weighted by Gasteiger charge is -2.21. The number of nitrogens with zero attached hydrogens (tertiary/aromatic N) is 5. The summed E-state index contributed by atoms with van der Waals surface area (Å²) in [5.41, 5.74) is 0.422. The van der Waals surface area contributed by atoms with E-state index in [1.54, 1.807) is 24.1 Å². The van der Waals surface area contributed by atoms with Gasteiger partial charge in [0, 0.05) is 18.7 Å². The molecule has 114 valence electrons. The molecule has 0 spiro atoms. The average Bonchev–Trinajstić information content (AvgIpc) is 3.07. The Hall–Kier alpha value is -2.31. The predicted octanol–water partition coefficient (Wildman–Crippen LogP) is 2.02. The summed E-state index contributed by atoms with van der Waals surface area (Å²) in [6.07, 6.45) is 5.65. The molecule has 22 heavy (non-hydrogen) atoms. The number of hydrogen-bond donors (Lipinski definition) is 0. The number of aromatic nitrogens is 4. The van der Waals surface area contributed by atoms with Gasteiger partial charge in [-0.2, -0.15) is 4.98 Å². The Bertz CT molecular complexity index is 709. The summed E-state index contributed by atoms with van der Waals surface area (Å²) in [4.78, 5) is 27.2. The molecule has 1 atom stereocenters. The summed E-state index contributed by atoms with van der Waals surface area (Å²) in [5.74, 6) is 2.27. The molecule has 0 unspecified atom stereocenters. The molecule has 1 saturated carbocycles. The van der Waals surface area contributed by atoms with E-state index in [9.17, 15) is 4.79 Å². The third-order valence-corrected chi connectivity index (χ3v) is 4.19. The van der Waals surface area contributed by atoms with Crippen molar-refractivity contribution in [3.05, 3.63) is 35.5 Å². The van der Waals surface area contributed by atoms with Gasteiger partial charge in [0.2, 0.25) is 5.89 Å². The topological polar surface area (TPSA) is 85.0 Å². The Labute approximate surface area is 127 Å². The maximum absolute atomic E-state index is 12.7. The first kappa shape index (κ1) is 13.4. The zero-order valence-electron chi connectivity index (χ0n) is 12.4. The van der Waals surface area contributed by atoms with Crippen LogP contribution in [0.4, 0.5) is 0 Å². The van der Waals surface area contributed by atoms with E-state index >= 15 is 0 Å². The molecule has 0 radical (unpaired) electrons. The van der Waals surface area contributed by atoms with E-state index in [0.717, 1.165) is 25.7 Å². The molecule has 0 N–H and O–H groups in total. The van der Waals surface area contributed by atoms with Gasteiger partial charge in [-0.25, -0.2) is 9.97 Å². The molecule has 1 aliphatic heterocycles. The molecule has 2 aliphatic rings. The lowest BCUT2D eigenvalue weighted by Crippen LogP contribution is -2.31. The van der Waals surface area contributed by atoms with Crippen LogP contribution < -0.4 is 0 Å². The minimum absolute atomic E-state index is 0.0919. The van der Waals surface area contributed by atoms with Crippen molar-refractivity contribution in [1.82, 2.24) is 25.0 Å². The van der Waals surface area contributed by atoms with Crippen molar-refractivity contribution in [3.63, 3.8) is 0 Å². The average molecular weight is 299 g/mol. The smallest absolute Gasteiger partial charge is 0.273 e. The maximum atomic E-state index is 12.7. The zero-order chi connectivity index (χ0) is 15.1. The second kappa shape index (κ2) is 5.15. The van der Waals surface area contributed by atoms with Crippen LogP contribution in [0.2, 0.25) is 0 Å². The fourth-order valence-electron chi connectivity index (χ4n) is 2.88. The van der Waals surface area contributed by atoms with E-state index in [1.807, 2.05) is 0 Å². The van der Waals surface area contributed by atoms with E-state index < -0.39 is 0 Å². The molecule has 7 heteroatoms. The molecule has 2 aromatic heterocycles. The van der Waals surface area contributed by atoms with Crippen LogP contribution in [0, 0.1) is 6.92 Å². The Morgan fingerprint density at radius 2 is 2.18 bits per heavy atom. The van der Waals surface area contributed by atoms with Gasteiger partial charge in [-0.1, -0.05) is 5.16 Å². The minimum Gasteiger partial charge on any atom is -0.339 e. The molecule has 1 aliphatic carbocycles. The quantitative estimate of drug-likeness (QED) is 0.862. The van der Waals surface area contributed by atoms with Gasteiger partial charge < -0.3 is 9.42 Å². The third kappa shape index (κ3) is 2.36. The van der Waals surface area contributed by atoms with Crippen LogP contribution in [0.15, 0.2) is 16.8 Å². The van der Waals surface area contributed by atoms with E-state index in [-0.39, 0.29) is 11.9 Å². The molecular formula is C15H17N5O2. The van der Waals surface area contributed by atoms with Crippen LogP contribution in [0.1, 0.15) is 65.7 Å². The second-order valence-corrected chi connectivity index (χ2v) is 5.91. The number of carbonyl (C=O) groups is 1. The summed E-state index contributed by atoms with van der Waals surface area (Å²) in [6, 6.07) is 1.54. The highest BCUT2D eigenvalue weighted by molar-refractivity contribution is 5.92. The Balaban J connectivity index is 1.58. The van der Waals surface area contributed by atoms with Gasteiger partial charge in [-0.3, -0.25) is 4.79 Å². The van der Waals surface area contributed by atoms with Gasteiger partial charge in [0.05, 0.1) is 6.04 Å². The molecule has 2 fully saturated rings. The summed E-state index contributed by atoms with van der Waals surface area (Å²) < 4.78 is 5.33. The highest BCUT2D eigenvalue weighted by atomic mass is 16.5. The molecule has 3 heterocycles. The van der Waals surface area contributed by atoms with Crippen molar-refractivity contribution in [2.24, 2.45) is 0 Å². The normalized spacial score (nSPS) is 21.3. The Kier molecular flexibility index (Phi) is 3.13. The van der Waals surface area contributed by atoms with Crippen LogP contribution in [0.5, 0.6) is 0 Å². The van der Waals surface area contributed by atoms with Gasteiger partial charge in [0.1, 0.15) is 11.5 Å². The lowest BCUT2D eigenvalue weighted by molar-refractivity contribution is 0.0722. The molecule has 7 nitrogen and oxygen atoms in total. The van der Waals surface area contributed by atoms with Crippen molar-refractivity contribution >= 4 is 5.91 Å². The number of amides is 1. The standard InChI is InChI=1S/C15H17N5O2/c1-9-16-7-6-11(17-9)15(21)20-8-2-3-12(20)13-18-14(22-19-13)10-4-5-10/h6-7,10,12H,2-5,8H2,1H3/t12-/m1/s1. The van der Waals surface area contributed by atoms with Gasteiger partial charge in [-0.15, -0.1) is 0 Å². The molecule has 1 saturated heterocycles. The number of likely N-dealkylation sites (tertiary alicyclic amines) is 1. The van der Waals surface area contributed by atoms with Gasteiger partial charge in [-0.05, 0) is 38.7 Å². The number of rotatable bonds is 3. The van der Waals surface area contributed by atoms with Crippen molar-refractivity contribution in [2.75, 3.05) is 6.54 Å². The number of hydrogen-bond acceptors (Lipinski definition) is 6. The fraction of sp³-hybridized carbons (Fsp3) is 0.533. The monoisotopic (exact) mass is 299 g/mol. The van der Waals surface area contributed by atoms with E-state index in [1.165, 1.54) is 0 Å². The molecule has 2 aromatic rings. The van der Waals surface area contributed by atoms with Gasteiger partial charge in [0.15, 0.2) is 5.82 Å². The summed E-state index contributed by atoms with van der Waals surface area (Å²) in [5, 5.41) is 4.09. The molecule has 1 amide bonds. The van der Waals surface area contributed by atoms with Crippen molar-refractivity contribution in [1.29, 1.82) is 0 Å². The Morgan fingerprint density at radius 3 is 2.95 bits per heavy atom. The lowest BCUT2D eigenvalue weighted by atomic mass is 10.2. The van der Waals surface area contributed by atoms with Crippen LogP contribution in [0.25, 0.3) is 0 Å². The number of aryl methyl sites for hydroxylation is 1. The van der Waals surface area contributed by atoms with Crippen LogP contribution in [0.3, 0.4) is 0 Å². The first-order valence-electron chi connectivity index (χ1n) is 7.66. The molecular weight excluding hydrogens is 282 g/mol. The van der Waals surface area contributed by atoms with Crippen molar-refractivity contribution < 1.29 is 9.32 Å². The SMILES string of the molecule is Cc1nccc(C(=O)N2CCC[C@@H]2c2noc(C3CC3)n2)n1. The van der Waals surface area contributed by atoms with Gasteiger partial charge in [0.25, 0.3) is 5.91 Å². The van der Waals surface area contributed by atoms with Crippen LogP contribution in [-0.2, 0) is 0 Å². The highest BCUT2D eigenvalue weighted by Crippen LogP contribution is 2.40. The Morgan fingerprint density at radius 1 is 1.32 bits per heavy atom. The summed E-state index contributed by atoms with van der Waals surface area (Å²) in [6.45, 7) is 2.47. The molecule has 0 bridgehead atoms.